The molecule has 0 atom stereocenters. The number of rotatable bonds is 3. The summed E-state index contributed by atoms with van der Waals surface area (Å²) in [5.41, 5.74) is 2.93. The first kappa shape index (κ1) is 12.6. The van der Waals surface area contributed by atoms with Crippen LogP contribution in [0.5, 0.6) is 0 Å². The van der Waals surface area contributed by atoms with E-state index in [0.717, 1.165) is 24.1 Å². The lowest BCUT2D eigenvalue weighted by molar-refractivity contribution is -0.119. The molecule has 0 aromatic heterocycles. The molecule has 0 spiro atoms. The van der Waals surface area contributed by atoms with E-state index in [9.17, 15) is 4.79 Å². The van der Waals surface area contributed by atoms with Gasteiger partial charge in [0.15, 0.2) is 0 Å². The van der Waals surface area contributed by atoms with Crippen molar-refractivity contribution in [3.63, 3.8) is 0 Å². The van der Waals surface area contributed by atoms with Crippen molar-refractivity contribution in [3.05, 3.63) is 29.3 Å². The normalized spacial score (nSPS) is 17.4. The molecular weight excluding hydrogens is 228 g/mol. The molecule has 1 amide bonds. The molecule has 0 bridgehead atoms. The SMILES string of the molecule is C/C(=N/O)C1(C(=O)Nc2ccc(C)cc2C)CC1. The van der Waals surface area contributed by atoms with Gasteiger partial charge >= 0.3 is 0 Å². The molecule has 0 aliphatic heterocycles. The Balaban J connectivity index is 2.18. The summed E-state index contributed by atoms with van der Waals surface area (Å²) in [5.74, 6) is -0.0789. The number of carbonyl (C=O) groups excluding carboxylic acids is 1. The third kappa shape index (κ3) is 2.10. The number of carbonyl (C=O) groups is 1. The predicted octanol–water partition coefficient (Wildman–Crippen LogP) is 2.87. The quantitative estimate of drug-likeness (QED) is 0.489. The Morgan fingerprint density at radius 2 is 2.06 bits per heavy atom. The van der Waals surface area contributed by atoms with Gasteiger partial charge in [-0.3, -0.25) is 4.79 Å². The van der Waals surface area contributed by atoms with Crippen LogP contribution in [0.15, 0.2) is 23.4 Å². The summed E-state index contributed by atoms with van der Waals surface area (Å²) < 4.78 is 0. The molecule has 1 aromatic rings. The monoisotopic (exact) mass is 246 g/mol. The number of hydrogen-bond acceptors (Lipinski definition) is 3. The van der Waals surface area contributed by atoms with E-state index in [0.29, 0.717) is 5.71 Å². The Labute approximate surface area is 107 Å². The summed E-state index contributed by atoms with van der Waals surface area (Å²) in [6, 6.07) is 5.90. The van der Waals surface area contributed by atoms with Crippen molar-refractivity contribution in [2.24, 2.45) is 10.6 Å². The summed E-state index contributed by atoms with van der Waals surface area (Å²) in [6.45, 7) is 5.67. The van der Waals surface area contributed by atoms with E-state index in [4.69, 9.17) is 5.21 Å². The number of aryl methyl sites for hydroxylation is 2. The first-order valence-electron chi connectivity index (χ1n) is 6.07. The van der Waals surface area contributed by atoms with Gasteiger partial charge < -0.3 is 10.5 Å². The molecule has 1 aromatic carbocycles. The average molecular weight is 246 g/mol. The van der Waals surface area contributed by atoms with Gasteiger partial charge in [0.05, 0.1) is 11.1 Å². The fraction of sp³-hybridized carbons (Fsp3) is 0.429. The van der Waals surface area contributed by atoms with Crippen LogP contribution in [0.4, 0.5) is 5.69 Å². The Bertz CT molecular complexity index is 517. The molecule has 0 radical (unpaired) electrons. The molecule has 0 unspecified atom stereocenters. The van der Waals surface area contributed by atoms with Crippen LogP contribution in [0.25, 0.3) is 0 Å². The molecular formula is C14H18N2O2. The fourth-order valence-electron chi connectivity index (χ4n) is 2.17. The van der Waals surface area contributed by atoms with Crippen molar-refractivity contribution < 1.29 is 10.0 Å². The highest BCUT2D eigenvalue weighted by atomic mass is 16.4. The smallest absolute Gasteiger partial charge is 0.236 e. The van der Waals surface area contributed by atoms with Gasteiger partial charge in [0.1, 0.15) is 0 Å². The number of amides is 1. The molecule has 2 N–H and O–H groups in total. The number of nitrogens with zero attached hydrogens (tertiary/aromatic N) is 1. The Kier molecular flexibility index (Phi) is 3.11. The van der Waals surface area contributed by atoms with Gasteiger partial charge in [0.25, 0.3) is 0 Å². The van der Waals surface area contributed by atoms with Crippen molar-refractivity contribution in [2.45, 2.75) is 33.6 Å². The van der Waals surface area contributed by atoms with Crippen molar-refractivity contribution in [2.75, 3.05) is 5.32 Å². The van der Waals surface area contributed by atoms with Crippen molar-refractivity contribution in [1.29, 1.82) is 0 Å². The highest BCUT2D eigenvalue weighted by molar-refractivity contribution is 6.14. The van der Waals surface area contributed by atoms with Gasteiger partial charge in [-0.25, -0.2) is 0 Å². The summed E-state index contributed by atoms with van der Waals surface area (Å²) in [4.78, 5) is 12.2. The summed E-state index contributed by atoms with van der Waals surface area (Å²) in [7, 11) is 0. The molecule has 0 heterocycles. The second kappa shape index (κ2) is 4.44. The summed E-state index contributed by atoms with van der Waals surface area (Å²) in [5, 5.41) is 14.9. The Morgan fingerprint density at radius 1 is 1.39 bits per heavy atom. The number of nitrogens with one attached hydrogen (secondary N) is 1. The van der Waals surface area contributed by atoms with Crippen LogP contribution < -0.4 is 5.32 Å². The van der Waals surface area contributed by atoms with E-state index in [1.165, 1.54) is 5.56 Å². The molecule has 1 aliphatic rings. The van der Waals surface area contributed by atoms with E-state index < -0.39 is 5.41 Å². The van der Waals surface area contributed by atoms with Crippen LogP contribution in [0.3, 0.4) is 0 Å². The second-order valence-electron chi connectivity index (χ2n) is 5.04. The van der Waals surface area contributed by atoms with Crippen LogP contribution in [0.2, 0.25) is 0 Å². The van der Waals surface area contributed by atoms with Crippen LogP contribution in [0.1, 0.15) is 30.9 Å². The first-order chi connectivity index (χ1) is 8.49. The third-order valence-corrected chi connectivity index (χ3v) is 3.66. The maximum Gasteiger partial charge on any atom is 0.236 e. The molecule has 1 aliphatic carbocycles. The minimum atomic E-state index is -0.591. The molecule has 4 nitrogen and oxygen atoms in total. The van der Waals surface area contributed by atoms with Crippen molar-refractivity contribution in [1.82, 2.24) is 0 Å². The minimum Gasteiger partial charge on any atom is -0.411 e. The molecule has 18 heavy (non-hydrogen) atoms. The van der Waals surface area contributed by atoms with Gasteiger partial charge in [-0.1, -0.05) is 22.9 Å². The van der Waals surface area contributed by atoms with Crippen molar-refractivity contribution in [3.8, 4) is 0 Å². The summed E-state index contributed by atoms with van der Waals surface area (Å²) in [6.07, 6.45) is 1.50. The lowest BCUT2D eigenvalue weighted by Crippen LogP contribution is -2.30. The van der Waals surface area contributed by atoms with Gasteiger partial charge in [0.2, 0.25) is 5.91 Å². The zero-order valence-electron chi connectivity index (χ0n) is 10.9. The highest BCUT2D eigenvalue weighted by Crippen LogP contribution is 2.48. The Hall–Kier alpha value is -1.84. The van der Waals surface area contributed by atoms with Gasteiger partial charge in [-0.15, -0.1) is 0 Å². The summed E-state index contributed by atoms with van der Waals surface area (Å²) >= 11 is 0. The van der Waals surface area contributed by atoms with E-state index in [1.54, 1.807) is 6.92 Å². The van der Waals surface area contributed by atoms with Crippen LogP contribution in [-0.4, -0.2) is 16.8 Å². The number of benzene rings is 1. The standard InChI is InChI=1S/C14H18N2O2/c1-9-4-5-12(10(2)8-9)15-13(17)14(6-7-14)11(3)16-18/h4-5,8,18H,6-7H2,1-3H3,(H,15,17)/b16-11-. The van der Waals surface area contributed by atoms with E-state index in [-0.39, 0.29) is 5.91 Å². The lowest BCUT2D eigenvalue weighted by Gasteiger charge is -2.15. The molecule has 96 valence electrons. The number of hydrogen-bond donors (Lipinski definition) is 2. The van der Waals surface area contributed by atoms with Crippen LogP contribution in [-0.2, 0) is 4.79 Å². The molecule has 0 saturated heterocycles. The molecule has 1 saturated carbocycles. The van der Waals surface area contributed by atoms with E-state index in [2.05, 4.69) is 10.5 Å². The molecule has 1 fully saturated rings. The average Bonchev–Trinajstić information content (AvgIpc) is 3.13. The molecule has 4 heteroatoms. The number of oxime groups is 1. The van der Waals surface area contributed by atoms with Gasteiger partial charge in [-0.2, -0.15) is 0 Å². The van der Waals surface area contributed by atoms with Crippen LogP contribution in [0, 0.1) is 19.3 Å². The zero-order chi connectivity index (χ0) is 13.3. The molecule has 2 rings (SSSR count). The first-order valence-corrected chi connectivity index (χ1v) is 6.07. The fourth-order valence-corrected chi connectivity index (χ4v) is 2.17. The maximum absolute atomic E-state index is 12.2. The topological polar surface area (TPSA) is 61.7 Å². The largest absolute Gasteiger partial charge is 0.411 e. The van der Waals surface area contributed by atoms with E-state index in [1.807, 2.05) is 32.0 Å². The third-order valence-electron chi connectivity index (χ3n) is 3.66. The van der Waals surface area contributed by atoms with E-state index >= 15 is 0 Å². The van der Waals surface area contributed by atoms with Crippen molar-refractivity contribution >= 4 is 17.3 Å². The highest BCUT2D eigenvalue weighted by Gasteiger charge is 2.53. The van der Waals surface area contributed by atoms with Gasteiger partial charge in [0, 0.05) is 5.69 Å². The second-order valence-corrected chi connectivity index (χ2v) is 5.04. The zero-order valence-corrected chi connectivity index (χ0v) is 10.9. The predicted molar refractivity (Wildman–Crippen MR) is 71.1 cm³/mol. The Morgan fingerprint density at radius 3 is 2.56 bits per heavy atom. The van der Waals surface area contributed by atoms with Gasteiger partial charge in [-0.05, 0) is 45.2 Å². The maximum atomic E-state index is 12.2. The lowest BCUT2D eigenvalue weighted by atomic mass is 10.00. The van der Waals surface area contributed by atoms with Crippen LogP contribution >= 0.6 is 0 Å². The minimum absolute atomic E-state index is 0.0789. The number of anilines is 1.